The van der Waals surface area contributed by atoms with E-state index < -0.39 is 29.7 Å². The monoisotopic (exact) mass is 614 g/mol. The number of H-pyrrole nitrogens is 1. The number of hydrogen-bond donors (Lipinski definition) is 1. The zero-order valence-electron chi connectivity index (χ0n) is 26.9. The minimum Gasteiger partial charge on any atom is -0.425 e. The molecule has 4 aromatic rings. The maximum atomic E-state index is 14.0. The molecule has 0 radical (unpaired) electrons. The molecule has 0 saturated carbocycles. The number of carbonyl (C=O) groups is 2. The van der Waals surface area contributed by atoms with Crippen LogP contribution in [0.1, 0.15) is 96.1 Å². The Morgan fingerprint density at radius 1 is 1.02 bits per heavy atom. The number of aromatic amines is 1. The van der Waals surface area contributed by atoms with E-state index in [1.807, 2.05) is 60.1 Å². The van der Waals surface area contributed by atoms with E-state index in [9.17, 15) is 14.4 Å². The van der Waals surface area contributed by atoms with Gasteiger partial charge >= 0.3 is 11.9 Å². The molecule has 5 rings (SSSR count). The minimum atomic E-state index is -1.04. The fourth-order valence-corrected chi connectivity index (χ4v) is 5.84. The number of esters is 2. The third-order valence-electron chi connectivity index (χ3n) is 8.27. The Morgan fingerprint density at radius 3 is 2.38 bits per heavy atom. The van der Waals surface area contributed by atoms with Crippen molar-refractivity contribution in [3.63, 3.8) is 0 Å². The average Bonchev–Trinajstić information content (AvgIpc) is 3.64. The quantitative estimate of drug-likeness (QED) is 0.175. The van der Waals surface area contributed by atoms with Crippen LogP contribution in [-0.2, 0) is 31.9 Å². The van der Waals surface area contributed by atoms with Gasteiger partial charge in [-0.05, 0) is 80.5 Å². The molecular formula is C34H42N6O5. The van der Waals surface area contributed by atoms with Crippen molar-refractivity contribution in [2.45, 2.75) is 98.4 Å². The molecular weight excluding hydrogens is 572 g/mol. The molecule has 3 heterocycles. The predicted molar refractivity (Wildman–Crippen MR) is 169 cm³/mol. The van der Waals surface area contributed by atoms with Crippen LogP contribution in [0.15, 0.2) is 53.3 Å². The fourth-order valence-electron chi connectivity index (χ4n) is 5.84. The second-order valence-corrected chi connectivity index (χ2v) is 12.8. The summed E-state index contributed by atoms with van der Waals surface area (Å²) in [5.41, 5.74) is 4.64. The van der Waals surface area contributed by atoms with Gasteiger partial charge in [-0.25, -0.2) is 14.6 Å². The maximum absolute atomic E-state index is 14.0. The van der Waals surface area contributed by atoms with Crippen molar-refractivity contribution in [2.24, 2.45) is 5.41 Å². The highest BCUT2D eigenvalue weighted by Gasteiger charge is 2.37. The van der Waals surface area contributed by atoms with Crippen LogP contribution in [0, 0.1) is 5.41 Å². The van der Waals surface area contributed by atoms with Crippen molar-refractivity contribution in [3.8, 4) is 22.5 Å². The molecule has 11 nitrogen and oxygen atoms in total. The third-order valence-corrected chi connectivity index (χ3v) is 8.27. The molecule has 0 fully saturated rings. The number of tetrazole rings is 1. The lowest BCUT2D eigenvalue weighted by Gasteiger charge is -2.32. The zero-order chi connectivity index (χ0) is 32.3. The summed E-state index contributed by atoms with van der Waals surface area (Å²) in [4.78, 5) is 39.9. The van der Waals surface area contributed by atoms with Gasteiger partial charge in [-0.1, -0.05) is 61.9 Å². The van der Waals surface area contributed by atoms with Crippen LogP contribution in [0.25, 0.3) is 22.5 Å². The number of ether oxygens (including phenoxy) is 2. The number of benzene rings is 2. The van der Waals surface area contributed by atoms with Gasteiger partial charge in [0.2, 0.25) is 6.29 Å². The molecule has 45 heavy (non-hydrogen) atoms. The minimum absolute atomic E-state index is 0.0729. The summed E-state index contributed by atoms with van der Waals surface area (Å²) in [6.45, 7) is 10.9. The highest BCUT2D eigenvalue weighted by Crippen LogP contribution is 2.33. The van der Waals surface area contributed by atoms with Crippen LogP contribution in [-0.4, -0.2) is 48.2 Å². The number of nitrogens with zero attached hydrogens (tertiary/aromatic N) is 5. The number of fused-ring (bicyclic) bond motifs is 1. The summed E-state index contributed by atoms with van der Waals surface area (Å²) < 4.78 is 14.6. The number of carbonyl (C=O) groups excluding carboxylic acids is 2. The van der Waals surface area contributed by atoms with E-state index in [1.54, 1.807) is 32.4 Å². The molecule has 0 saturated heterocycles. The molecule has 0 bridgehead atoms. The summed E-state index contributed by atoms with van der Waals surface area (Å²) >= 11 is 0. The first-order valence-electron chi connectivity index (χ1n) is 15.7. The van der Waals surface area contributed by atoms with Crippen LogP contribution in [0.2, 0.25) is 0 Å². The molecule has 0 spiro atoms. The van der Waals surface area contributed by atoms with Crippen molar-refractivity contribution in [2.75, 3.05) is 0 Å². The Balaban J connectivity index is 1.45. The Labute approximate surface area is 262 Å². The Morgan fingerprint density at radius 2 is 1.73 bits per heavy atom. The molecule has 11 heteroatoms. The molecule has 1 aliphatic heterocycles. The average molecular weight is 615 g/mol. The van der Waals surface area contributed by atoms with Gasteiger partial charge in [-0.2, -0.15) is 0 Å². The van der Waals surface area contributed by atoms with E-state index in [0.717, 1.165) is 40.8 Å². The second-order valence-electron chi connectivity index (χ2n) is 12.8. The molecule has 2 aromatic heterocycles. The van der Waals surface area contributed by atoms with Crippen molar-refractivity contribution >= 4 is 11.9 Å². The fraction of sp³-hybridized carbons (Fsp3) is 0.471. The van der Waals surface area contributed by atoms with E-state index >= 15 is 0 Å². The highest BCUT2D eigenvalue weighted by atomic mass is 16.7. The summed E-state index contributed by atoms with van der Waals surface area (Å²) in [7, 11) is 0. The molecule has 1 aliphatic rings. The van der Waals surface area contributed by atoms with Gasteiger partial charge in [-0.3, -0.25) is 14.3 Å². The first kappa shape index (κ1) is 31.9. The van der Waals surface area contributed by atoms with E-state index in [1.165, 1.54) is 0 Å². The number of hydrogen-bond acceptors (Lipinski definition) is 8. The summed E-state index contributed by atoms with van der Waals surface area (Å²) in [5.74, 6) is -0.367. The number of nitrogens with one attached hydrogen (secondary N) is 1. The van der Waals surface area contributed by atoms with Crippen molar-refractivity contribution in [1.82, 2.24) is 30.0 Å². The van der Waals surface area contributed by atoms with Gasteiger partial charge in [0.25, 0.3) is 5.56 Å². The lowest BCUT2D eigenvalue weighted by atomic mass is 9.96. The van der Waals surface area contributed by atoms with Gasteiger partial charge in [-0.15, -0.1) is 5.10 Å². The van der Waals surface area contributed by atoms with Crippen molar-refractivity contribution in [1.29, 1.82) is 0 Å². The van der Waals surface area contributed by atoms with Crippen LogP contribution in [0.5, 0.6) is 0 Å². The summed E-state index contributed by atoms with van der Waals surface area (Å²) in [6, 6.07) is 15.3. The maximum Gasteiger partial charge on any atom is 0.333 e. The van der Waals surface area contributed by atoms with Crippen LogP contribution >= 0.6 is 0 Å². The summed E-state index contributed by atoms with van der Waals surface area (Å²) in [6.07, 6.45) is 3.06. The molecule has 0 aliphatic carbocycles. The first-order chi connectivity index (χ1) is 21.5. The molecule has 1 N–H and O–H groups in total. The van der Waals surface area contributed by atoms with Gasteiger partial charge in [0, 0.05) is 30.2 Å². The number of aromatic nitrogens is 6. The van der Waals surface area contributed by atoms with Gasteiger partial charge in [0.15, 0.2) is 5.82 Å². The second kappa shape index (κ2) is 13.2. The topological polar surface area (TPSA) is 134 Å². The highest BCUT2D eigenvalue weighted by molar-refractivity contribution is 5.80. The SMILES string of the molecule is CCCCc1c(Cc2ccc(-c3ccccc3-c3nnn[nH]3)cc2)c(=O)n2n1C(C(=O)OC(C)OC(=O)C(C)(C)C)CCC2C. The number of rotatable bonds is 10. The Hall–Kier alpha value is -4.54. The van der Waals surface area contributed by atoms with E-state index in [0.29, 0.717) is 37.1 Å². The smallest absolute Gasteiger partial charge is 0.333 e. The van der Waals surface area contributed by atoms with Gasteiger partial charge in [0.05, 0.1) is 11.5 Å². The molecule has 3 atom stereocenters. The molecule has 2 aromatic carbocycles. The standard InChI is InChI=1S/C34H42N6O5/c1-7-8-13-28-27(20-23-15-17-24(18-16-23)25-11-9-10-12-26(25)30-35-37-38-36-30)31(41)39-21(2)14-19-29(40(28)39)32(42)44-22(3)45-33(43)34(4,5)6/h9-12,15-18,21-22,29H,7-8,13-14,19-20H2,1-6H3,(H,35,36,37,38). The molecule has 238 valence electrons. The largest absolute Gasteiger partial charge is 0.425 e. The predicted octanol–water partition coefficient (Wildman–Crippen LogP) is 5.80. The van der Waals surface area contributed by atoms with E-state index in [2.05, 4.69) is 27.5 Å². The Bertz CT molecular complexity index is 1700. The van der Waals surface area contributed by atoms with Gasteiger partial charge < -0.3 is 9.47 Å². The van der Waals surface area contributed by atoms with E-state index in [-0.39, 0.29) is 11.6 Å². The van der Waals surface area contributed by atoms with Crippen LogP contribution in [0.3, 0.4) is 0 Å². The molecule has 0 amide bonds. The Kier molecular flexibility index (Phi) is 9.36. The summed E-state index contributed by atoms with van der Waals surface area (Å²) in [5, 5.41) is 14.3. The number of unbranched alkanes of at least 4 members (excludes halogenated alkanes) is 1. The lowest BCUT2D eigenvalue weighted by molar-refractivity contribution is -0.193. The molecule has 3 unspecified atom stereocenters. The van der Waals surface area contributed by atoms with Crippen LogP contribution in [0.4, 0.5) is 0 Å². The van der Waals surface area contributed by atoms with E-state index in [4.69, 9.17) is 9.47 Å². The zero-order valence-corrected chi connectivity index (χ0v) is 26.9. The van der Waals surface area contributed by atoms with Crippen molar-refractivity contribution in [3.05, 3.63) is 75.7 Å². The van der Waals surface area contributed by atoms with Crippen molar-refractivity contribution < 1.29 is 19.1 Å². The lowest BCUT2D eigenvalue weighted by Crippen LogP contribution is -2.39. The van der Waals surface area contributed by atoms with Gasteiger partial charge in [0.1, 0.15) is 6.04 Å². The van der Waals surface area contributed by atoms with Crippen LogP contribution < -0.4 is 5.56 Å². The first-order valence-corrected chi connectivity index (χ1v) is 15.7. The third kappa shape index (κ3) is 6.77. The normalized spacial score (nSPS) is 17.0.